The van der Waals surface area contributed by atoms with Gasteiger partial charge in [0.25, 0.3) is 0 Å². The summed E-state index contributed by atoms with van der Waals surface area (Å²) in [6, 6.07) is 22.7. The first-order chi connectivity index (χ1) is 10.3. The molecule has 1 aromatic heterocycles. The molecule has 102 valence electrons. The van der Waals surface area contributed by atoms with Crippen LogP contribution in [0.5, 0.6) is 0 Å². The van der Waals surface area contributed by atoms with Gasteiger partial charge in [-0.1, -0.05) is 0 Å². The third-order valence-corrected chi connectivity index (χ3v) is 5.93. The van der Waals surface area contributed by atoms with Crippen molar-refractivity contribution in [3.63, 3.8) is 0 Å². The summed E-state index contributed by atoms with van der Waals surface area (Å²) < 4.78 is 3.16. The average molecular weight is 338 g/mol. The van der Waals surface area contributed by atoms with Crippen molar-refractivity contribution in [1.82, 2.24) is 3.56 Å². The van der Waals surface area contributed by atoms with Gasteiger partial charge in [0, 0.05) is 0 Å². The van der Waals surface area contributed by atoms with Crippen LogP contribution >= 0.6 is 0 Å². The summed E-state index contributed by atoms with van der Waals surface area (Å²) in [6.07, 6.45) is 0. The zero-order chi connectivity index (χ0) is 14.2. The van der Waals surface area contributed by atoms with Gasteiger partial charge >= 0.3 is 128 Å². The molecule has 0 aliphatic rings. The molecular weight excluding hydrogens is 325 g/mol. The van der Waals surface area contributed by atoms with Crippen molar-refractivity contribution in [2.45, 2.75) is 6.54 Å². The second-order valence-corrected chi connectivity index (χ2v) is 7.34. The van der Waals surface area contributed by atoms with Crippen LogP contribution in [0.4, 0.5) is 0 Å². The minimum absolute atomic E-state index is 0.0965. The number of rotatable bonds is 2. The molecular formula is C18H13NOSe. The Balaban J connectivity index is 1.79. The van der Waals surface area contributed by atoms with Crippen molar-refractivity contribution < 1.29 is 0 Å². The van der Waals surface area contributed by atoms with Gasteiger partial charge in [0.1, 0.15) is 0 Å². The van der Waals surface area contributed by atoms with Gasteiger partial charge < -0.3 is 0 Å². The van der Waals surface area contributed by atoms with Gasteiger partial charge in [0.15, 0.2) is 0 Å². The summed E-state index contributed by atoms with van der Waals surface area (Å²) in [7, 11) is 0. The van der Waals surface area contributed by atoms with Crippen LogP contribution in [0.1, 0.15) is 5.56 Å². The fourth-order valence-electron chi connectivity index (χ4n) is 2.62. The minimum atomic E-state index is 0.0965. The van der Waals surface area contributed by atoms with Crippen molar-refractivity contribution in [3.8, 4) is 0 Å². The van der Waals surface area contributed by atoms with Crippen LogP contribution in [-0.2, 0) is 6.54 Å². The molecule has 1 heterocycles. The topological polar surface area (TPSA) is 22.0 Å². The Kier molecular flexibility index (Phi) is 3.03. The van der Waals surface area contributed by atoms with E-state index in [0.29, 0.717) is 6.54 Å². The van der Waals surface area contributed by atoms with Gasteiger partial charge in [0.2, 0.25) is 0 Å². The summed E-state index contributed by atoms with van der Waals surface area (Å²) in [5.41, 5.74) is 1.36. The maximum atomic E-state index is 12.4. The van der Waals surface area contributed by atoms with E-state index in [0.717, 1.165) is 5.39 Å². The van der Waals surface area contributed by atoms with E-state index in [-0.39, 0.29) is 20.3 Å². The zero-order valence-corrected chi connectivity index (χ0v) is 13.0. The van der Waals surface area contributed by atoms with E-state index < -0.39 is 0 Å². The molecule has 0 aliphatic heterocycles. The monoisotopic (exact) mass is 339 g/mol. The number of nitrogens with zero attached hydrogens (tertiary/aromatic N) is 1. The molecule has 0 N–H and O–H groups in total. The average Bonchev–Trinajstić information content (AvgIpc) is 2.84. The molecule has 0 unspecified atom stereocenters. The Morgan fingerprint density at radius 1 is 0.857 bits per heavy atom. The third kappa shape index (κ3) is 2.25. The van der Waals surface area contributed by atoms with Gasteiger partial charge in [-0.2, -0.15) is 0 Å². The van der Waals surface area contributed by atoms with E-state index in [1.165, 1.54) is 20.6 Å². The molecule has 4 aromatic rings. The summed E-state index contributed by atoms with van der Waals surface area (Å²) in [4.78, 5) is 12.4. The van der Waals surface area contributed by atoms with Crippen LogP contribution < -0.4 is 5.56 Å². The van der Waals surface area contributed by atoms with Gasteiger partial charge in [-0.25, -0.2) is 0 Å². The summed E-state index contributed by atoms with van der Waals surface area (Å²) in [5, 5.41) is 3.34. The van der Waals surface area contributed by atoms with Gasteiger partial charge in [-0.05, 0) is 0 Å². The van der Waals surface area contributed by atoms with Crippen LogP contribution in [0, 0.1) is 0 Å². The molecule has 0 bridgehead atoms. The molecule has 0 fully saturated rings. The van der Waals surface area contributed by atoms with Crippen LogP contribution in [0.2, 0.25) is 0 Å². The number of fused-ring (bicyclic) bond motifs is 2. The van der Waals surface area contributed by atoms with E-state index in [1.807, 2.05) is 33.9 Å². The fraction of sp³-hybridized carbons (Fsp3) is 0.0556. The summed E-state index contributed by atoms with van der Waals surface area (Å²) >= 11 is 0.0965. The molecule has 0 saturated heterocycles. The predicted molar refractivity (Wildman–Crippen MR) is 88.2 cm³/mol. The first kappa shape index (κ1) is 12.6. The third-order valence-electron chi connectivity index (χ3n) is 3.69. The van der Waals surface area contributed by atoms with Crippen molar-refractivity contribution in [1.29, 1.82) is 0 Å². The Labute approximate surface area is 128 Å². The predicted octanol–water partition coefficient (Wildman–Crippen LogP) is 3.26. The van der Waals surface area contributed by atoms with E-state index in [1.54, 1.807) is 0 Å². The summed E-state index contributed by atoms with van der Waals surface area (Å²) in [6.45, 7) is 0.693. The van der Waals surface area contributed by atoms with Gasteiger partial charge in [-0.3, -0.25) is 0 Å². The van der Waals surface area contributed by atoms with Crippen molar-refractivity contribution in [3.05, 3.63) is 82.6 Å². The number of aromatic nitrogens is 1. The number of hydrogen-bond acceptors (Lipinski definition) is 1. The zero-order valence-electron chi connectivity index (χ0n) is 11.3. The Hall–Kier alpha value is -2.09. The van der Waals surface area contributed by atoms with E-state index >= 15 is 0 Å². The Bertz CT molecular complexity index is 997. The first-order valence-corrected chi connectivity index (χ1v) is 8.50. The Morgan fingerprint density at radius 3 is 2.48 bits per heavy atom. The fourth-order valence-corrected chi connectivity index (χ4v) is 4.78. The van der Waals surface area contributed by atoms with E-state index in [9.17, 15) is 4.79 Å². The molecule has 4 rings (SSSR count). The molecule has 0 saturated carbocycles. The molecule has 0 atom stereocenters. The molecule has 3 aromatic carbocycles. The molecule has 21 heavy (non-hydrogen) atoms. The van der Waals surface area contributed by atoms with Crippen LogP contribution in [-0.4, -0.2) is 18.3 Å². The normalized spacial score (nSPS) is 11.2. The molecule has 0 spiro atoms. The molecule has 2 nitrogen and oxygen atoms in total. The number of benzene rings is 3. The van der Waals surface area contributed by atoms with Crippen LogP contribution in [0.3, 0.4) is 0 Å². The first-order valence-electron chi connectivity index (χ1n) is 6.88. The van der Waals surface area contributed by atoms with Crippen LogP contribution in [0.25, 0.3) is 20.4 Å². The molecule has 0 amide bonds. The van der Waals surface area contributed by atoms with Gasteiger partial charge in [0.05, 0.1) is 0 Å². The van der Waals surface area contributed by atoms with E-state index in [2.05, 4.69) is 36.4 Å². The van der Waals surface area contributed by atoms with Gasteiger partial charge in [-0.15, -0.1) is 0 Å². The Morgan fingerprint density at radius 2 is 1.62 bits per heavy atom. The molecule has 3 heteroatoms. The van der Waals surface area contributed by atoms with Crippen molar-refractivity contribution in [2.75, 3.05) is 0 Å². The van der Waals surface area contributed by atoms with Crippen LogP contribution in [0.15, 0.2) is 71.5 Å². The number of hydrogen-bond donors (Lipinski definition) is 0. The SMILES string of the molecule is O=c1c2ccccc2[se]n1Cc1ccc2ccccc2c1. The van der Waals surface area contributed by atoms with Crippen molar-refractivity contribution >= 4 is 35.2 Å². The molecule has 0 radical (unpaired) electrons. The molecule has 0 aliphatic carbocycles. The second-order valence-electron chi connectivity index (χ2n) is 5.11. The summed E-state index contributed by atoms with van der Waals surface area (Å²) in [5.74, 6) is 0. The quantitative estimate of drug-likeness (QED) is 0.514. The second kappa shape index (κ2) is 5.03. The van der Waals surface area contributed by atoms with Crippen molar-refractivity contribution in [2.24, 2.45) is 0 Å². The standard InChI is InChI=1S/C18H13NOSe/c20-18-16-7-3-4-8-17(16)21-19(18)12-13-9-10-14-5-1-2-6-15(14)11-13/h1-11H,12H2. The van der Waals surface area contributed by atoms with E-state index in [4.69, 9.17) is 0 Å². The maximum absolute atomic E-state index is 12.4.